The first-order valence-corrected chi connectivity index (χ1v) is 5.92. The van der Waals surface area contributed by atoms with Crippen molar-refractivity contribution >= 4 is 11.7 Å². The van der Waals surface area contributed by atoms with Gasteiger partial charge in [-0.15, -0.1) is 0 Å². The molecule has 2 aromatic rings. The monoisotopic (exact) mass is 296 g/mol. The van der Waals surface area contributed by atoms with Gasteiger partial charge in [-0.05, 0) is 29.8 Å². The smallest absolute Gasteiger partial charge is 0.418 e. The summed E-state index contributed by atoms with van der Waals surface area (Å²) in [7, 11) is 0. The Bertz CT molecular complexity index is 684. The SMILES string of the molecule is Nc1cc(Cc2ncccc2C(F)(F)F)ccc1C(=O)O. The number of carbonyl (C=O) groups is 1. The number of pyridine rings is 1. The summed E-state index contributed by atoms with van der Waals surface area (Å²) in [5.74, 6) is -1.19. The summed E-state index contributed by atoms with van der Waals surface area (Å²) < 4.78 is 38.6. The van der Waals surface area contributed by atoms with Crippen LogP contribution in [0.5, 0.6) is 0 Å². The average molecular weight is 296 g/mol. The normalized spacial score (nSPS) is 11.4. The minimum absolute atomic E-state index is 0.00416. The second kappa shape index (κ2) is 5.43. The number of nitrogen functional groups attached to an aromatic ring is 1. The van der Waals surface area contributed by atoms with E-state index in [1.807, 2.05) is 0 Å². The van der Waals surface area contributed by atoms with E-state index < -0.39 is 17.7 Å². The third-order valence-corrected chi connectivity index (χ3v) is 2.91. The third-order valence-electron chi connectivity index (χ3n) is 2.91. The standard InChI is InChI=1S/C14H11F3N2O2/c15-14(16,17)10-2-1-5-19-12(10)7-8-3-4-9(13(20)21)11(18)6-8/h1-6H,7,18H2,(H,20,21). The summed E-state index contributed by atoms with van der Waals surface area (Å²) in [6.07, 6.45) is -3.30. The van der Waals surface area contributed by atoms with Crippen LogP contribution in [0.1, 0.15) is 27.2 Å². The van der Waals surface area contributed by atoms with Crippen molar-refractivity contribution in [3.8, 4) is 0 Å². The van der Waals surface area contributed by atoms with Gasteiger partial charge in [-0.2, -0.15) is 13.2 Å². The number of alkyl halides is 3. The highest BCUT2D eigenvalue weighted by atomic mass is 19.4. The highest BCUT2D eigenvalue weighted by Gasteiger charge is 2.33. The first-order valence-electron chi connectivity index (χ1n) is 5.92. The quantitative estimate of drug-likeness (QED) is 0.854. The summed E-state index contributed by atoms with van der Waals surface area (Å²) >= 11 is 0. The first-order chi connectivity index (χ1) is 9.79. The van der Waals surface area contributed by atoms with Crippen LogP contribution in [0.25, 0.3) is 0 Å². The molecular formula is C14H11F3N2O2. The number of carboxylic acids is 1. The van der Waals surface area contributed by atoms with Crippen LogP contribution < -0.4 is 5.73 Å². The largest absolute Gasteiger partial charge is 0.478 e. The molecule has 7 heteroatoms. The minimum atomic E-state index is -4.49. The first kappa shape index (κ1) is 14.8. The number of nitrogens with zero attached hydrogens (tertiary/aromatic N) is 1. The topological polar surface area (TPSA) is 76.2 Å². The van der Waals surface area contributed by atoms with Gasteiger partial charge in [0.15, 0.2) is 0 Å². The van der Waals surface area contributed by atoms with E-state index in [2.05, 4.69) is 4.98 Å². The van der Waals surface area contributed by atoms with Crippen molar-refractivity contribution in [2.75, 3.05) is 5.73 Å². The molecule has 1 heterocycles. The molecule has 2 rings (SSSR count). The number of halogens is 3. The molecule has 4 nitrogen and oxygen atoms in total. The van der Waals surface area contributed by atoms with Crippen LogP contribution in [-0.2, 0) is 12.6 Å². The van der Waals surface area contributed by atoms with Gasteiger partial charge >= 0.3 is 12.1 Å². The Morgan fingerprint density at radius 1 is 1.29 bits per heavy atom. The Morgan fingerprint density at radius 2 is 2.00 bits per heavy atom. The van der Waals surface area contributed by atoms with Gasteiger partial charge in [0.25, 0.3) is 0 Å². The summed E-state index contributed by atoms with van der Waals surface area (Å²) in [6.45, 7) is 0. The fourth-order valence-corrected chi connectivity index (χ4v) is 1.95. The number of aromatic nitrogens is 1. The zero-order valence-electron chi connectivity index (χ0n) is 10.7. The van der Waals surface area contributed by atoms with E-state index in [4.69, 9.17) is 10.8 Å². The number of carboxylic acid groups (broad SMARTS) is 1. The molecule has 1 aromatic carbocycles. The van der Waals surface area contributed by atoms with Crippen LogP contribution in [0.2, 0.25) is 0 Å². The molecule has 0 saturated carbocycles. The van der Waals surface area contributed by atoms with Crippen molar-refractivity contribution in [1.29, 1.82) is 0 Å². The summed E-state index contributed by atoms with van der Waals surface area (Å²) in [5, 5.41) is 8.86. The van der Waals surface area contributed by atoms with Gasteiger partial charge in [-0.1, -0.05) is 6.07 Å². The van der Waals surface area contributed by atoms with Crippen molar-refractivity contribution < 1.29 is 23.1 Å². The minimum Gasteiger partial charge on any atom is -0.478 e. The Hall–Kier alpha value is -2.57. The molecule has 1 aromatic heterocycles. The molecule has 3 N–H and O–H groups in total. The third kappa shape index (κ3) is 3.31. The molecule has 0 spiro atoms. The van der Waals surface area contributed by atoms with Crippen LogP contribution in [0.3, 0.4) is 0 Å². The van der Waals surface area contributed by atoms with Gasteiger partial charge < -0.3 is 10.8 Å². The zero-order chi connectivity index (χ0) is 15.6. The molecule has 0 bridgehead atoms. The number of benzene rings is 1. The molecule has 0 radical (unpaired) electrons. The van der Waals surface area contributed by atoms with Crippen LogP contribution in [0.15, 0.2) is 36.5 Å². The maximum atomic E-state index is 12.9. The van der Waals surface area contributed by atoms with Gasteiger partial charge in [0.1, 0.15) is 0 Å². The summed E-state index contributed by atoms with van der Waals surface area (Å²) in [6, 6.07) is 6.21. The van der Waals surface area contributed by atoms with Crippen molar-refractivity contribution in [2.24, 2.45) is 0 Å². The number of aromatic carboxylic acids is 1. The van der Waals surface area contributed by atoms with Crippen LogP contribution >= 0.6 is 0 Å². The van der Waals surface area contributed by atoms with E-state index in [0.717, 1.165) is 6.07 Å². The second-order valence-corrected chi connectivity index (χ2v) is 4.40. The van der Waals surface area contributed by atoms with E-state index >= 15 is 0 Å². The number of hydrogen-bond donors (Lipinski definition) is 2. The number of nitrogens with two attached hydrogens (primary N) is 1. The number of hydrogen-bond acceptors (Lipinski definition) is 3. The Morgan fingerprint density at radius 3 is 2.57 bits per heavy atom. The molecule has 0 amide bonds. The summed E-state index contributed by atoms with van der Waals surface area (Å²) in [4.78, 5) is 14.6. The maximum Gasteiger partial charge on any atom is 0.418 e. The van der Waals surface area contributed by atoms with E-state index in [-0.39, 0.29) is 23.4 Å². The second-order valence-electron chi connectivity index (χ2n) is 4.40. The fourth-order valence-electron chi connectivity index (χ4n) is 1.95. The number of anilines is 1. The predicted molar refractivity (Wildman–Crippen MR) is 69.9 cm³/mol. The highest BCUT2D eigenvalue weighted by molar-refractivity contribution is 5.93. The average Bonchev–Trinajstić information content (AvgIpc) is 2.37. The molecule has 21 heavy (non-hydrogen) atoms. The zero-order valence-corrected chi connectivity index (χ0v) is 10.7. The molecule has 110 valence electrons. The predicted octanol–water partition coefficient (Wildman–Crippen LogP) is 2.97. The van der Waals surface area contributed by atoms with Gasteiger partial charge in [0.05, 0.1) is 16.8 Å². The van der Waals surface area contributed by atoms with Gasteiger partial charge in [-0.25, -0.2) is 4.79 Å². The Kier molecular flexibility index (Phi) is 3.84. The van der Waals surface area contributed by atoms with Crippen molar-refractivity contribution in [3.63, 3.8) is 0 Å². The van der Waals surface area contributed by atoms with Crippen molar-refractivity contribution in [1.82, 2.24) is 4.98 Å². The van der Waals surface area contributed by atoms with E-state index in [1.54, 1.807) is 0 Å². The molecule has 0 atom stereocenters. The van der Waals surface area contributed by atoms with Crippen LogP contribution in [0.4, 0.5) is 18.9 Å². The van der Waals surface area contributed by atoms with Crippen molar-refractivity contribution in [3.05, 3.63) is 58.9 Å². The van der Waals surface area contributed by atoms with Gasteiger partial charge in [0, 0.05) is 18.3 Å². The molecular weight excluding hydrogens is 285 g/mol. The molecule has 0 fully saturated rings. The van der Waals surface area contributed by atoms with E-state index in [9.17, 15) is 18.0 Å². The molecule has 0 aliphatic heterocycles. The lowest BCUT2D eigenvalue weighted by atomic mass is 10.0. The maximum absolute atomic E-state index is 12.9. The lowest BCUT2D eigenvalue weighted by Crippen LogP contribution is -2.11. The van der Waals surface area contributed by atoms with Crippen molar-refractivity contribution in [2.45, 2.75) is 12.6 Å². The Balaban J connectivity index is 2.35. The lowest BCUT2D eigenvalue weighted by molar-refractivity contribution is -0.138. The van der Waals surface area contributed by atoms with Gasteiger partial charge in [0.2, 0.25) is 0 Å². The molecule has 0 unspecified atom stereocenters. The van der Waals surface area contributed by atoms with E-state index in [0.29, 0.717) is 5.56 Å². The number of rotatable bonds is 3. The van der Waals surface area contributed by atoms with E-state index in [1.165, 1.54) is 30.5 Å². The van der Waals surface area contributed by atoms with Gasteiger partial charge in [-0.3, -0.25) is 4.98 Å². The lowest BCUT2D eigenvalue weighted by Gasteiger charge is -2.12. The Labute approximate surface area is 118 Å². The highest BCUT2D eigenvalue weighted by Crippen LogP contribution is 2.32. The molecule has 0 saturated heterocycles. The summed E-state index contributed by atoms with van der Waals surface area (Å²) in [5.41, 5.74) is 5.01. The molecule has 0 aliphatic carbocycles. The fraction of sp³-hybridized carbons (Fsp3) is 0.143. The molecule has 0 aliphatic rings. The van der Waals surface area contributed by atoms with Crippen LogP contribution in [0, 0.1) is 0 Å². The van der Waals surface area contributed by atoms with Crippen LogP contribution in [-0.4, -0.2) is 16.1 Å².